The average Bonchev–Trinajstić information content (AvgIpc) is 3.02. The van der Waals surface area contributed by atoms with E-state index < -0.39 is 13.8 Å². The fourth-order valence-corrected chi connectivity index (χ4v) is 3.39. The SMILES string of the molecule is C[Si](C)(C)CCOCn1c(=O)ccn(-c2cccc3[nH]ccc23)c1=O. The first kappa shape index (κ1) is 17.4. The van der Waals surface area contributed by atoms with E-state index in [2.05, 4.69) is 24.6 Å². The Bertz CT molecular complexity index is 995. The van der Waals surface area contributed by atoms with Gasteiger partial charge in [0.05, 0.1) is 5.69 Å². The van der Waals surface area contributed by atoms with Crippen LogP contribution in [0.1, 0.15) is 0 Å². The number of aromatic amines is 1. The van der Waals surface area contributed by atoms with Crippen molar-refractivity contribution in [1.29, 1.82) is 0 Å². The Hall–Kier alpha value is -2.38. The molecule has 0 aliphatic heterocycles. The van der Waals surface area contributed by atoms with E-state index in [1.807, 2.05) is 30.5 Å². The molecule has 0 radical (unpaired) electrons. The maximum Gasteiger partial charge on any atom is 0.337 e. The van der Waals surface area contributed by atoms with Gasteiger partial charge in [-0.1, -0.05) is 25.7 Å². The lowest BCUT2D eigenvalue weighted by atomic mass is 10.2. The van der Waals surface area contributed by atoms with E-state index in [0.717, 1.165) is 27.2 Å². The Balaban J connectivity index is 1.92. The number of hydrogen-bond donors (Lipinski definition) is 1. The summed E-state index contributed by atoms with van der Waals surface area (Å²) in [5, 5.41) is 0.925. The predicted molar refractivity (Wildman–Crippen MR) is 102 cm³/mol. The first-order chi connectivity index (χ1) is 11.9. The first-order valence-electron chi connectivity index (χ1n) is 8.33. The molecule has 0 atom stereocenters. The lowest BCUT2D eigenvalue weighted by Gasteiger charge is -2.16. The third kappa shape index (κ3) is 3.83. The summed E-state index contributed by atoms with van der Waals surface area (Å²) in [7, 11) is -1.21. The molecule has 6 nitrogen and oxygen atoms in total. The zero-order chi connectivity index (χ0) is 18.0. The summed E-state index contributed by atoms with van der Waals surface area (Å²) in [6.45, 7) is 7.32. The number of aromatic nitrogens is 3. The number of ether oxygens (including phenoxy) is 1. The largest absolute Gasteiger partial charge is 0.361 e. The summed E-state index contributed by atoms with van der Waals surface area (Å²) in [5.74, 6) is 0. The summed E-state index contributed by atoms with van der Waals surface area (Å²) in [4.78, 5) is 28.0. The standard InChI is InChI=1S/C18H23N3O3Si/c1-25(2,3)12-11-24-13-21-17(22)8-10-20(18(21)23)16-6-4-5-15-14(16)7-9-19-15/h4-10,19H,11-13H2,1-3H3. The van der Waals surface area contributed by atoms with Gasteiger partial charge < -0.3 is 9.72 Å². The number of benzene rings is 1. The van der Waals surface area contributed by atoms with E-state index in [1.165, 1.54) is 16.8 Å². The Morgan fingerprint density at radius 2 is 1.92 bits per heavy atom. The van der Waals surface area contributed by atoms with Crippen molar-refractivity contribution in [1.82, 2.24) is 14.1 Å². The Kier molecular flexibility index (Phi) is 4.78. The van der Waals surface area contributed by atoms with Crippen molar-refractivity contribution >= 4 is 19.0 Å². The Morgan fingerprint density at radius 1 is 1.12 bits per heavy atom. The van der Waals surface area contributed by atoms with Crippen LogP contribution >= 0.6 is 0 Å². The minimum absolute atomic E-state index is 0.0217. The third-order valence-corrected chi connectivity index (χ3v) is 5.82. The molecule has 0 aliphatic carbocycles. The van der Waals surface area contributed by atoms with Gasteiger partial charge in [-0.15, -0.1) is 0 Å². The summed E-state index contributed by atoms with van der Waals surface area (Å²) < 4.78 is 8.22. The Labute approximate surface area is 146 Å². The van der Waals surface area contributed by atoms with Gasteiger partial charge in [0.1, 0.15) is 6.73 Å². The van der Waals surface area contributed by atoms with Crippen LogP contribution in [0.25, 0.3) is 16.6 Å². The summed E-state index contributed by atoms with van der Waals surface area (Å²) in [6, 6.07) is 9.98. The van der Waals surface area contributed by atoms with E-state index in [1.54, 1.807) is 0 Å². The first-order valence-corrected chi connectivity index (χ1v) is 12.0. The molecule has 0 amide bonds. The number of nitrogens with zero attached hydrogens (tertiary/aromatic N) is 2. The molecule has 0 fully saturated rings. The zero-order valence-corrected chi connectivity index (χ0v) is 15.8. The van der Waals surface area contributed by atoms with Gasteiger partial charge in [0, 0.05) is 44.0 Å². The molecule has 1 N–H and O–H groups in total. The fraction of sp³-hybridized carbons (Fsp3) is 0.333. The molecule has 132 valence electrons. The fourth-order valence-electron chi connectivity index (χ4n) is 2.63. The smallest absolute Gasteiger partial charge is 0.337 e. The van der Waals surface area contributed by atoms with E-state index in [0.29, 0.717) is 6.61 Å². The van der Waals surface area contributed by atoms with Crippen LogP contribution in [0.2, 0.25) is 25.7 Å². The van der Waals surface area contributed by atoms with E-state index in [9.17, 15) is 9.59 Å². The molecule has 0 bridgehead atoms. The quantitative estimate of drug-likeness (QED) is 0.545. The molecule has 7 heteroatoms. The predicted octanol–water partition coefficient (Wildman–Crippen LogP) is 2.79. The van der Waals surface area contributed by atoms with Crippen LogP contribution in [-0.2, 0) is 11.5 Å². The molecule has 3 aromatic rings. The minimum Gasteiger partial charge on any atom is -0.361 e. The highest BCUT2D eigenvalue weighted by molar-refractivity contribution is 6.76. The van der Waals surface area contributed by atoms with E-state index in [4.69, 9.17) is 4.74 Å². The van der Waals surface area contributed by atoms with Crippen molar-refractivity contribution in [2.24, 2.45) is 0 Å². The molecule has 2 heterocycles. The number of rotatable bonds is 6. The summed E-state index contributed by atoms with van der Waals surface area (Å²) in [5.41, 5.74) is 0.929. The van der Waals surface area contributed by atoms with Crippen LogP contribution in [0, 0.1) is 0 Å². The number of nitrogens with one attached hydrogen (secondary N) is 1. The molecule has 3 rings (SSSR count). The lowest BCUT2D eigenvalue weighted by molar-refractivity contribution is 0.0810. The number of fused-ring (bicyclic) bond motifs is 1. The number of hydrogen-bond acceptors (Lipinski definition) is 3. The minimum atomic E-state index is -1.21. The van der Waals surface area contributed by atoms with Gasteiger partial charge in [0.2, 0.25) is 0 Å². The molecule has 0 spiro atoms. The highest BCUT2D eigenvalue weighted by atomic mass is 28.3. The van der Waals surface area contributed by atoms with Crippen molar-refractivity contribution in [3.8, 4) is 5.69 Å². The van der Waals surface area contributed by atoms with Crippen molar-refractivity contribution in [3.63, 3.8) is 0 Å². The second-order valence-corrected chi connectivity index (χ2v) is 12.9. The lowest BCUT2D eigenvalue weighted by Crippen LogP contribution is -2.39. The van der Waals surface area contributed by atoms with Gasteiger partial charge in [-0.25, -0.2) is 9.36 Å². The third-order valence-electron chi connectivity index (χ3n) is 4.12. The van der Waals surface area contributed by atoms with Crippen LogP contribution in [-0.4, -0.2) is 28.8 Å². The molecule has 0 saturated carbocycles. The normalized spacial score (nSPS) is 12.0. The monoisotopic (exact) mass is 357 g/mol. The molecule has 25 heavy (non-hydrogen) atoms. The molecule has 0 aliphatic rings. The van der Waals surface area contributed by atoms with Crippen LogP contribution in [0.15, 0.2) is 52.3 Å². The Morgan fingerprint density at radius 3 is 2.68 bits per heavy atom. The van der Waals surface area contributed by atoms with Gasteiger partial charge in [-0.3, -0.25) is 9.36 Å². The maximum absolute atomic E-state index is 12.8. The highest BCUT2D eigenvalue weighted by Crippen LogP contribution is 2.19. The van der Waals surface area contributed by atoms with Crippen molar-refractivity contribution in [3.05, 3.63) is 63.6 Å². The molecule has 1 aromatic carbocycles. The van der Waals surface area contributed by atoms with Gasteiger partial charge in [-0.05, 0) is 24.2 Å². The van der Waals surface area contributed by atoms with Gasteiger partial charge in [0.15, 0.2) is 0 Å². The second kappa shape index (κ2) is 6.85. The zero-order valence-electron chi connectivity index (χ0n) is 14.8. The maximum atomic E-state index is 12.8. The second-order valence-electron chi connectivity index (χ2n) is 7.30. The van der Waals surface area contributed by atoms with E-state index in [-0.39, 0.29) is 12.3 Å². The van der Waals surface area contributed by atoms with Crippen molar-refractivity contribution in [2.75, 3.05) is 6.61 Å². The molecular weight excluding hydrogens is 334 g/mol. The van der Waals surface area contributed by atoms with Crippen LogP contribution in [0.3, 0.4) is 0 Å². The summed E-state index contributed by atoms with van der Waals surface area (Å²) >= 11 is 0. The van der Waals surface area contributed by atoms with Crippen molar-refractivity contribution < 1.29 is 4.74 Å². The molecule has 0 unspecified atom stereocenters. The number of H-pyrrole nitrogens is 1. The van der Waals surface area contributed by atoms with Crippen LogP contribution < -0.4 is 11.2 Å². The highest BCUT2D eigenvalue weighted by Gasteiger charge is 2.13. The molecular formula is C18H23N3O3Si. The van der Waals surface area contributed by atoms with Crippen LogP contribution in [0.4, 0.5) is 0 Å². The van der Waals surface area contributed by atoms with E-state index >= 15 is 0 Å². The average molecular weight is 357 g/mol. The van der Waals surface area contributed by atoms with Gasteiger partial charge >= 0.3 is 5.69 Å². The van der Waals surface area contributed by atoms with Crippen LogP contribution in [0.5, 0.6) is 0 Å². The van der Waals surface area contributed by atoms with Crippen molar-refractivity contribution in [2.45, 2.75) is 32.4 Å². The molecule has 0 saturated heterocycles. The van der Waals surface area contributed by atoms with Gasteiger partial charge in [0.25, 0.3) is 5.56 Å². The van der Waals surface area contributed by atoms with Gasteiger partial charge in [-0.2, -0.15) is 0 Å². The topological polar surface area (TPSA) is 69.0 Å². The summed E-state index contributed by atoms with van der Waals surface area (Å²) in [6.07, 6.45) is 3.35. The molecule has 2 aromatic heterocycles.